The number of aliphatic hydroxyl groups excluding tert-OH is 1. The Labute approximate surface area is 90.1 Å². The van der Waals surface area contributed by atoms with Gasteiger partial charge in [-0.25, -0.2) is 0 Å². The van der Waals surface area contributed by atoms with Crippen molar-refractivity contribution < 1.29 is 9.84 Å². The fourth-order valence-electron chi connectivity index (χ4n) is 1.31. The van der Waals surface area contributed by atoms with Crippen LogP contribution in [0.4, 0.5) is 5.69 Å². The lowest BCUT2D eigenvalue weighted by molar-refractivity contribution is 0.166. The van der Waals surface area contributed by atoms with Gasteiger partial charge in [-0.2, -0.15) is 0 Å². The van der Waals surface area contributed by atoms with E-state index in [1.54, 1.807) is 7.11 Å². The van der Waals surface area contributed by atoms with Crippen molar-refractivity contribution in [3.05, 3.63) is 24.3 Å². The molecule has 0 fully saturated rings. The van der Waals surface area contributed by atoms with Crippen molar-refractivity contribution in [3.63, 3.8) is 0 Å². The molecule has 0 spiro atoms. The van der Waals surface area contributed by atoms with Gasteiger partial charge in [0.2, 0.25) is 0 Å². The van der Waals surface area contributed by atoms with Gasteiger partial charge in [-0.05, 0) is 19.1 Å². The molecule has 4 N–H and O–H groups in total. The van der Waals surface area contributed by atoms with Gasteiger partial charge in [-0.1, -0.05) is 12.1 Å². The van der Waals surface area contributed by atoms with Crippen molar-refractivity contribution >= 4 is 5.69 Å². The molecular weight excluding hydrogens is 192 g/mol. The van der Waals surface area contributed by atoms with Crippen LogP contribution < -0.4 is 15.8 Å². The molecule has 1 rings (SSSR count). The van der Waals surface area contributed by atoms with Gasteiger partial charge in [-0.15, -0.1) is 0 Å². The lowest BCUT2D eigenvalue weighted by Gasteiger charge is -2.21. The Kier molecular flexibility index (Phi) is 4.39. The number of anilines is 1. The Morgan fingerprint density at radius 1 is 1.47 bits per heavy atom. The molecule has 0 aliphatic heterocycles. The van der Waals surface area contributed by atoms with Crippen LogP contribution in [0.1, 0.15) is 6.92 Å². The zero-order valence-corrected chi connectivity index (χ0v) is 9.10. The molecule has 1 aromatic carbocycles. The maximum absolute atomic E-state index is 9.52. The molecule has 0 saturated heterocycles. The van der Waals surface area contributed by atoms with Gasteiger partial charge in [0.1, 0.15) is 5.75 Å². The average molecular weight is 210 g/mol. The molecule has 0 heterocycles. The van der Waals surface area contributed by atoms with E-state index in [0.29, 0.717) is 0 Å². The fourth-order valence-corrected chi connectivity index (χ4v) is 1.31. The molecule has 2 atom stereocenters. The molecule has 2 unspecified atom stereocenters. The first-order chi connectivity index (χ1) is 7.19. The van der Waals surface area contributed by atoms with E-state index in [2.05, 4.69) is 5.32 Å². The summed E-state index contributed by atoms with van der Waals surface area (Å²) in [5.74, 6) is 0.758. The summed E-state index contributed by atoms with van der Waals surface area (Å²) in [6.45, 7) is 2.12. The third-order valence-electron chi connectivity index (χ3n) is 2.31. The normalized spacial score (nSPS) is 14.4. The third kappa shape index (κ3) is 3.11. The second-order valence-electron chi connectivity index (χ2n) is 3.44. The van der Waals surface area contributed by atoms with E-state index in [0.717, 1.165) is 11.4 Å². The Morgan fingerprint density at radius 2 is 2.13 bits per heavy atom. The molecule has 4 heteroatoms. The molecule has 0 saturated carbocycles. The minimum absolute atomic E-state index is 0.105. The summed E-state index contributed by atoms with van der Waals surface area (Å²) in [6, 6.07) is 7.47. The third-order valence-corrected chi connectivity index (χ3v) is 2.31. The number of ether oxygens (including phenoxy) is 1. The number of benzene rings is 1. The minimum Gasteiger partial charge on any atom is -0.495 e. The first kappa shape index (κ1) is 11.8. The molecule has 15 heavy (non-hydrogen) atoms. The number of hydrogen-bond donors (Lipinski definition) is 3. The van der Waals surface area contributed by atoms with Crippen LogP contribution >= 0.6 is 0 Å². The zero-order valence-electron chi connectivity index (χ0n) is 9.10. The SMILES string of the molecule is COc1ccccc1NC(C)C(O)CN. The average Bonchev–Trinajstić information content (AvgIpc) is 2.28. The molecule has 0 aliphatic carbocycles. The van der Waals surface area contributed by atoms with E-state index in [1.165, 1.54) is 0 Å². The Hall–Kier alpha value is -1.26. The first-order valence-electron chi connectivity index (χ1n) is 4.96. The van der Waals surface area contributed by atoms with Crippen LogP contribution in [0.25, 0.3) is 0 Å². The number of nitrogens with one attached hydrogen (secondary N) is 1. The second kappa shape index (κ2) is 5.58. The van der Waals surface area contributed by atoms with Gasteiger partial charge in [-0.3, -0.25) is 0 Å². The second-order valence-corrected chi connectivity index (χ2v) is 3.44. The zero-order chi connectivity index (χ0) is 11.3. The van der Waals surface area contributed by atoms with E-state index in [4.69, 9.17) is 10.5 Å². The van der Waals surface area contributed by atoms with Crippen LogP contribution in [0.15, 0.2) is 24.3 Å². The molecule has 1 aromatic rings. The fraction of sp³-hybridized carbons (Fsp3) is 0.455. The highest BCUT2D eigenvalue weighted by Crippen LogP contribution is 2.23. The van der Waals surface area contributed by atoms with Crippen LogP contribution in [0.2, 0.25) is 0 Å². The Morgan fingerprint density at radius 3 is 2.73 bits per heavy atom. The summed E-state index contributed by atoms with van der Waals surface area (Å²) in [7, 11) is 1.62. The number of aliphatic hydroxyl groups is 1. The van der Waals surface area contributed by atoms with Crippen LogP contribution in [-0.2, 0) is 0 Å². The topological polar surface area (TPSA) is 67.5 Å². The molecule has 0 bridgehead atoms. The van der Waals surface area contributed by atoms with E-state index >= 15 is 0 Å². The summed E-state index contributed by atoms with van der Waals surface area (Å²) in [6.07, 6.45) is -0.560. The quantitative estimate of drug-likeness (QED) is 0.673. The summed E-state index contributed by atoms with van der Waals surface area (Å²) in [4.78, 5) is 0. The highest BCUT2D eigenvalue weighted by Gasteiger charge is 2.13. The highest BCUT2D eigenvalue weighted by atomic mass is 16.5. The van der Waals surface area contributed by atoms with Gasteiger partial charge >= 0.3 is 0 Å². The monoisotopic (exact) mass is 210 g/mol. The number of nitrogens with two attached hydrogens (primary N) is 1. The van der Waals surface area contributed by atoms with Crippen LogP contribution in [0.5, 0.6) is 5.75 Å². The predicted molar refractivity (Wildman–Crippen MR) is 61.1 cm³/mol. The summed E-state index contributed by atoms with van der Waals surface area (Å²) in [5, 5.41) is 12.7. The Bertz CT molecular complexity index is 304. The highest BCUT2D eigenvalue weighted by molar-refractivity contribution is 5.56. The van der Waals surface area contributed by atoms with Crippen molar-refractivity contribution in [2.75, 3.05) is 19.0 Å². The molecule has 0 aliphatic rings. The summed E-state index contributed by atoms with van der Waals surface area (Å²) < 4.78 is 5.18. The molecular formula is C11H18N2O2. The van der Waals surface area contributed by atoms with Gasteiger partial charge in [0.05, 0.1) is 24.9 Å². The molecule has 0 aromatic heterocycles. The van der Waals surface area contributed by atoms with E-state index in [9.17, 15) is 5.11 Å². The maximum atomic E-state index is 9.52. The van der Waals surface area contributed by atoms with Gasteiger partial charge in [0, 0.05) is 6.54 Å². The van der Waals surface area contributed by atoms with E-state index in [1.807, 2.05) is 31.2 Å². The number of rotatable bonds is 5. The minimum atomic E-state index is -0.560. The largest absolute Gasteiger partial charge is 0.495 e. The number of para-hydroxylation sites is 2. The predicted octanol–water partition coefficient (Wildman–Crippen LogP) is 0.815. The van der Waals surface area contributed by atoms with Gasteiger partial charge in [0.15, 0.2) is 0 Å². The van der Waals surface area contributed by atoms with Gasteiger partial charge < -0.3 is 20.9 Å². The molecule has 84 valence electrons. The van der Waals surface area contributed by atoms with Crippen molar-refractivity contribution in [3.8, 4) is 5.75 Å². The van der Waals surface area contributed by atoms with Crippen LogP contribution in [0.3, 0.4) is 0 Å². The standard InChI is InChI=1S/C11H18N2O2/c1-8(10(14)7-12)13-9-5-3-4-6-11(9)15-2/h3-6,8,10,13-14H,7,12H2,1-2H3. The maximum Gasteiger partial charge on any atom is 0.141 e. The lowest BCUT2D eigenvalue weighted by Crippen LogP contribution is -2.36. The molecule has 4 nitrogen and oxygen atoms in total. The van der Waals surface area contributed by atoms with Crippen LogP contribution in [-0.4, -0.2) is 30.9 Å². The van der Waals surface area contributed by atoms with Crippen molar-refractivity contribution in [1.29, 1.82) is 0 Å². The first-order valence-corrected chi connectivity index (χ1v) is 4.96. The number of methoxy groups -OCH3 is 1. The van der Waals surface area contributed by atoms with E-state index in [-0.39, 0.29) is 12.6 Å². The Balaban J connectivity index is 2.71. The summed E-state index contributed by atoms with van der Waals surface area (Å²) in [5.41, 5.74) is 6.24. The molecule has 0 radical (unpaired) electrons. The number of hydrogen-bond acceptors (Lipinski definition) is 4. The van der Waals surface area contributed by atoms with Crippen molar-refractivity contribution in [1.82, 2.24) is 0 Å². The van der Waals surface area contributed by atoms with Crippen LogP contribution in [0, 0.1) is 0 Å². The van der Waals surface area contributed by atoms with Crippen molar-refractivity contribution in [2.24, 2.45) is 5.73 Å². The smallest absolute Gasteiger partial charge is 0.141 e. The summed E-state index contributed by atoms with van der Waals surface area (Å²) >= 11 is 0. The van der Waals surface area contributed by atoms with Gasteiger partial charge in [0.25, 0.3) is 0 Å². The van der Waals surface area contributed by atoms with Crippen molar-refractivity contribution in [2.45, 2.75) is 19.1 Å². The molecule has 0 amide bonds. The lowest BCUT2D eigenvalue weighted by atomic mass is 10.1. The van der Waals surface area contributed by atoms with E-state index < -0.39 is 6.10 Å².